The Bertz CT molecular complexity index is 317. The van der Waals surface area contributed by atoms with Crippen LogP contribution in [0.3, 0.4) is 0 Å². The summed E-state index contributed by atoms with van der Waals surface area (Å²) in [5, 5.41) is 13.8. The molecule has 8 heteroatoms. The molecule has 0 aliphatic heterocycles. The number of hydrogen-bond donors (Lipinski definition) is 3. The van der Waals surface area contributed by atoms with Crippen molar-refractivity contribution in [2.75, 3.05) is 6.54 Å². The first-order valence-corrected chi connectivity index (χ1v) is 6.01. The second kappa shape index (κ2) is 7.85. The molecule has 0 aromatic carbocycles. The molecule has 1 amide bonds. The van der Waals surface area contributed by atoms with E-state index in [0.717, 1.165) is 0 Å². The molecule has 1 atom stereocenters. The molecule has 0 saturated heterocycles. The van der Waals surface area contributed by atoms with Crippen LogP contribution < -0.4 is 11.1 Å². The Morgan fingerprint density at radius 1 is 1.37 bits per heavy atom. The van der Waals surface area contributed by atoms with Gasteiger partial charge < -0.3 is 16.3 Å². The standard InChI is InChI=1S/C11H20F3N3O2/c1-7(2)8(9(15)17-19)10(18)16-6-4-3-5-11(12,13)14/h7-8,19H,3-6H2,1-2H3,(H2,15,17)(H,16,18). The summed E-state index contributed by atoms with van der Waals surface area (Å²) < 4.78 is 35.6. The highest BCUT2D eigenvalue weighted by Gasteiger charge is 2.27. The monoisotopic (exact) mass is 283 g/mol. The lowest BCUT2D eigenvalue weighted by atomic mass is 9.94. The topological polar surface area (TPSA) is 87.7 Å². The zero-order chi connectivity index (χ0) is 15.1. The summed E-state index contributed by atoms with van der Waals surface area (Å²) >= 11 is 0. The maximum atomic E-state index is 11.9. The van der Waals surface area contributed by atoms with Gasteiger partial charge in [0.2, 0.25) is 5.91 Å². The molecule has 0 heterocycles. The lowest BCUT2D eigenvalue weighted by Crippen LogP contribution is -2.42. The summed E-state index contributed by atoms with van der Waals surface area (Å²) in [5.41, 5.74) is 5.40. The van der Waals surface area contributed by atoms with E-state index in [2.05, 4.69) is 10.5 Å². The second-order valence-electron chi connectivity index (χ2n) is 4.61. The highest BCUT2D eigenvalue weighted by Crippen LogP contribution is 2.21. The van der Waals surface area contributed by atoms with Crippen molar-refractivity contribution in [2.45, 2.75) is 39.3 Å². The van der Waals surface area contributed by atoms with Gasteiger partial charge in [0, 0.05) is 13.0 Å². The van der Waals surface area contributed by atoms with Gasteiger partial charge in [-0.3, -0.25) is 4.79 Å². The third kappa shape index (κ3) is 7.53. The Morgan fingerprint density at radius 3 is 2.37 bits per heavy atom. The molecule has 0 saturated carbocycles. The summed E-state index contributed by atoms with van der Waals surface area (Å²) in [5.74, 6) is -1.61. The molecule has 0 spiro atoms. The lowest BCUT2D eigenvalue weighted by molar-refractivity contribution is -0.135. The van der Waals surface area contributed by atoms with Crippen LogP contribution in [-0.2, 0) is 4.79 Å². The van der Waals surface area contributed by atoms with Crippen LogP contribution in [-0.4, -0.2) is 29.7 Å². The molecule has 0 rings (SSSR count). The molecule has 0 aliphatic carbocycles. The number of amides is 1. The van der Waals surface area contributed by atoms with Gasteiger partial charge in [-0.1, -0.05) is 19.0 Å². The summed E-state index contributed by atoms with van der Waals surface area (Å²) in [6.07, 6.45) is -4.85. The average Bonchev–Trinajstić information content (AvgIpc) is 2.26. The van der Waals surface area contributed by atoms with E-state index in [1.165, 1.54) is 0 Å². The zero-order valence-electron chi connectivity index (χ0n) is 11.0. The predicted molar refractivity (Wildman–Crippen MR) is 64.7 cm³/mol. The van der Waals surface area contributed by atoms with Gasteiger partial charge in [-0.15, -0.1) is 0 Å². The number of nitrogens with zero attached hydrogens (tertiary/aromatic N) is 1. The SMILES string of the molecule is CC(C)C(C(=O)NCCCCC(F)(F)F)C(N)=NO. The number of nitrogens with one attached hydrogen (secondary N) is 1. The smallest absolute Gasteiger partial charge is 0.389 e. The third-order valence-corrected chi connectivity index (χ3v) is 2.57. The Kier molecular flexibility index (Phi) is 7.25. The van der Waals surface area contributed by atoms with Crippen LogP contribution in [0.25, 0.3) is 0 Å². The van der Waals surface area contributed by atoms with Gasteiger partial charge in [0.05, 0.1) is 0 Å². The van der Waals surface area contributed by atoms with Crippen LogP contribution >= 0.6 is 0 Å². The second-order valence-corrected chi connectivity index (χ2v) is 4.61. The van der Waals surface area contributed by atoms with Crippen LogP contribution in [0.15, 0.2) is 5.16 Å². The fraction of sp³-hybridized carbons (Fsp3) is 0.818. The van der Waals surface area contributed by atoms with Crippen molar-refractivity contribution in [3.63, 3.8) is 0 Å². The molecule has 4 N–H and O–H groups in total. The Balaban J connectivity index is 4.09. The first kappa shape index (κ1) is 17.5. The maximum absolute atomic E-state index is 11.9. The van der Waals surface area contributed by atoms with Crippen molar-refractivity contribution in [1.29, 1.82) is 0 Å². The van der Waals surface area contributed by atoms with Crippen LogP contribution in [0.5, 0.6) is 0 Å². The predicted octanol–water partition coefficient (Wildman–Crippen LogP) is 1.85. The number of unbranched alkanes of at least 4 members (excludes halogenated alkanes) is 1. The normalized spacial score (nSPS) is 14.5. The minimum atomic E-state index is -4.17. The van der Waals surface area contributed by atoms with Crippen molar-refractivity contribution >= 4 is 11.7 Å². The Hall–Kier alpha value is -1.47. The van der Waals surface area contributed by atoms with Crippen molar-refractivity contribution < 1.29 is 23.2 Å². The Labute approximate surface area is 110 Å². The summed E-state index contributed by atoms with van der Waals surface area (Å²) in [4.78, 5) is 11.7. The molecule has 0 aromatic rings. The van der Waals surface area contributed by atoms with Gasteiger partial charge in [0.15, 0.2) is 5.84 Å². The fourth-order valence-corrected chi connectivity index (χ4v) is 1.61. The summed E-state index contributed by atoms with van der Waals surface area (Å²) in [7, 11) is 0. The van der Waals surface area contributed by atoms with Crippen molar-refractivity contribution in [3.8, 4) is 0 Å². The van der Waals surface area contributed by atoms with Gasteiger partial charge in [-0.2, -0.15) is 13.2 Å². The lowest BCUT2D eigenvalue weighted by Gasteiger charge is -2.18. The van der Waals surface area contributed by atoms with Crippen LogP contribution in [0.4, 0.5) is 13.2 Å². The van der Waals surface area contributed by atoms with Gasteiger partial charge in [0.1, 0.15) is 5.92 Å². The molecular formula is C11H20F3N3O2. The van der Waals surface area contributed by atoms with E-state index in [0.29, 0.717) is 0 Å². The molecule has 112 valence electrons. The van der Waals surface area contributed by atoms with E-state index in [9.17, 15) is 18.0 Å². The van der Waals surface area contributed by atoms with Gasteiger partial charge in [-0.05, 0) is 18.8 Å². The van der Waals surface area contributed by atoms with Gasteiger partial charge >= 0.3 is 6.18 Å². The Morgan fingerprint density at radius 2 is 1.95 bits per heavy atom. The molecule has 19 heavy (non-hydrogen) atoms. The van der Waals surface area contributed by atoms with Crippen molar-refractivity contribution in [3.05, 3.63) is 0 Å². The first-order chi connectivity index (χ1) is 8.69. The highest BCUT2D eigenvalue weighted by molar-refractivity contribution is 6.02. The van der Waals surface area contributed by atoms with Crippen molar-refractivity contribution in [2.24, 2.45) is 22.7 Å². The van der Waals surface area contributed by atoms with E-state index >= 15 is 0 Å². The van der Waals surface area contributed by atoms with E-state index in [-0.39, 0.29) is 31.1 Å². The number of nitrogens with two attached hydrogens (primary N) is 1. The van der Waals surface area contributed by atoms with E-state index in [4.69, 9.17) is 10.9 Å². The number of rotatable bonds is 7. The molecule has 0 aliphatic rings. The molecular weight excluding hydrogens is 263 g/mol. The number of carbonyl (C=O) groups is 1. The largest absolute Gasteiger partial charge is 0.409 e. The summed E-state index contributed by atoms with van der Waals surface area (Å²) in [6.45, 7) is 3.59. The minimum Gasteiger partial charge on any atom is -0.409 e. The van der Waals surface area contributed by atoms with E-state index < -0.39 is 24.4 Å². The van der Waals surface area contributed by atoms with Crippen LogP contribution in [0, 0.1) is 11.8 Å². The number of oxime groups is 1. The molecule has 5 nitrogen and oxygen atoms in total. The molecule has 0 fully saturated rings. The maximum Gasteiger partial charge on any atom is 0.389 e. The van der Waals surface area contributed by atoms with Crippen LogP contribution in [0.2, 0.25) is 0 Å². The third-order valence-electron chi connectivity index (χ3n) is 2.57. The fourth-order valence-electron chi connectivity index (χ4n) is 1.61. The van der Waals surface area contributed by atoms with E-state index in [1.807, 2.05) is 0 Å². The molecule has 1 unspecified atom stereocenters. The highest BCUT2D eigenvalue weighted by atomic mass is 19.4. The van der Waals surface area contributed by atoms with E-state index in [1.54, 1.807) is 13.8 Å². The molecule has 0 aromatic heterocycles. The zero-order valence-corrected chi connectivity index (χ0v) is 11.0. The minimum absolute atomic E-state index is 0.0420. The number of hydrogen-bond acceptors (Lipinski definition) is 3. The van der Waals surface area contributed by atoms with Gasteiger partial charge in [0.25, 0.3) is 0 Å². The average molecular weight is 283 g/mol. The number of amidine groups is 1. The first-order valence-electron chi connectivity index (χ1n) is 6.01. The van der Waals surface area contributed by atoms with Crippen LogP contribution in [0.1, 0.15) is 33.1 Å². The van der Waals surface area contributed by atoms with Gasteiger partial charge in [-0.25, -0.2) is 0 Å². The number of carbonyl (C=O) groups excluding carboxylic acids is 1. The molecule has 0 radical (unpaired) electrons. The number of halogens is 3. The quantitative estimate of drug-likeness (QED) is 0.219. The summed E-state index contributed by atoms with van der Waals surface area (Å²) in [6, 6.07) is 0. The number of alkyl halides is 3. The molecule has 0 bridgehead atoms. The van der Waals surface area contributed by atoms with Crippen molar-refractivity contribution in [1.82, 2.24) is 5.32 Å².